The largest absolute Gasteiger partial charge is 0.490 e. The third-order valence-electron chi connectivity index (χ3n) is 5.34. The third-order valence-corrected chi connectivity index (χ3v) is 5.34. The van der Waals surface area contributed by atoms with Gasteiger partial charge in [0.1, 0.15) is 12.4 Å². The van der Waals surface area contributed by atoms with Crippen molar-refractivity contribution >= 4 is 27.5 Å². The number of aromatic amines is 1. The van der Waals surface area contributed by atoms with Crippen LogP contribution in [0.4, 0.5) is 5.69 Å². The van der Waals surface area contributed by atoms with Crippen molar-refractivity contribution in [3.8, 4) is 16.9 Å². The third kappa shape index (κ3) is 3.91. The lowest BCUT2D eigenvalue weighted by Gasteiger charge is -2.13. The Morgan fingerprint density at radius 3 is 2.81 bits per heavy atom. The number of nitrogens with zero attached hydrogens (tertiary/aromatic N) is 3. The Labute approximate surface area is 179 Å². The van der Waals surface area contributed by atoms with E-state index in [0.717, 1.165) is 34.0 Å². The van der Waals surface area contributed by atoms with Gasteiger partial charge in [-0.3, -0.25) is 4.98 Å². The minimum atomic E-state index is -0.137. The Balaban J connectivity index is 1.30. The number of H-pyrrole nitrogens is 1. The van der Waals surface area contributed by atoms with E-state index in [9.17, 15) is 0 Å². The summed E-state index contributed by atoms with van der Waals surface area (Å²) in [6, 6.07) is 15.9. The maximum Gasteiger partial charge on any atom is 0.138 e. The number of nitrogens with two attached hydrogens (primary N) is 2. The predicted molar refractivity (Wildman–Crippen MR) is 123 cm³/mol. The SMILES string of the molecule is Nc1cnnc2ccc(-c3cncc(OC[C@H](N)Cc4c[nH]c5ccccc45)c3)cc12. The molecule has 5 rings (SSSR count). The number of nitrogens with one attached hydrogen (secondary N) is 1. The summed E-state index contributed by atoms with van der Waals surface area (Å²) in [5.41, 5.74) is 18.0. The number of ether oxygens (including phenoxy) is 1. The lowest BCUT2D eigenvalue weighted by Crippen LogP contribution is -2.30. The van der Waals surface area contributed by atoms with Crippen LogP contribution in [0.25, 0.3) is 32.9 Å². The number of hydrogen-bond donors (Lipinski definition) is 3. The Morgan fingerprint density at radius 2 is 1.87 bits per heavy atom. The molecule has 2 aromatic carbocycles. The number of hydrogen-bond acceptors (Lipinski definition) is 6. The van der Waals surface area contributed by atoms with Crippen LogP contribution in [-0.2, 0) is 6.42 Å². The van der Waals surface area contributed by atoms with Gasteiger partial charge in [-0.2, -0.15) is 10.2 Å². The molecule has 3 heterocycles. The van der Waals surface area contributed by atoms with E-state index in [2.05, 4.69) is 32.3 Å². The number of anilines is 1. The van der Waals surface area contributed by atoms with Crippen LogP contribution < -0.4 is 16.2 Å². The van der Waals surface area contributed by atoms with Crippen LogP contribution in [0.15, 0.2) is 73.3 Å². The Morgan fingerprint density at radius 1 is 0.968 bits per heavy atom. The molecule has 0 radical (unpaired) electrons. The quantitative estimate of drug-likeness (QED) is 0.393. The predicted octanol–water partition coefficient (Wildman–Crippen LogP) is 3.70. The molecule has 0 saturated heterocycles. The van der Waals surface area contributed by atoms with E-state index in [1.807, 2.05) is 42.6 Å². The fourth-order valence-electron chi connectivity index (χ4n) is 3.76. The van der Waals surface area contributed by atoms with Gasteiger partial charge < -0.3 is 21.2 Å². The second kappa shape index (κ2) is 8.04. The van der Waals surface area contributed by atoms with E-state index in [-0.39, 0.29) is 6.04 Å². The first-order chi connectivity index (χ1) is 15.2. The molecule has 0 aliphatic rings. The molecular weight excluding hydrogens is 388 g/mol. The monoisotopic (exact) mass is 410 g/mol. The maximum absolute atomic E-state index is 6.35. The molecule has 0 fully saturated rings. The van der Waals surface area contributed by atoms with Gasteiger partial charge >= 0.3 is 0 Å². The van der Waals surface area contributed by atoms with E-state index in [0.29, 0.717) is 18.0 Å². The van der Waals surface area contributed by atoms with Gasteiger partial charge in [0, 0.05) is 40.3 Å². The summed E-state index contributed by atoms with van der Waals surface area (Å²) >= 11 is 0. The number of rotatable bonds is 6. The second-order valence-corrected chi connectivity index (χ2v) is 7.58. The molecule has 0 saturated carbocycles. The second-order valence-electron chi connectivity index (χ2n) is 7.58. The first-order valence-electron chi connectivity index (χ1n) is 10.1. The highest BCUT2D eigenvalue weighted by Gasteiger charge is 2.11. The summed E-state index contributed by atoms with van der Waals surface area (Å²) in [6.07, 6.45) is 7.79. The van der Waals surface area contributed by atoms with Gasteiger partial charge in [0.15, 0.2) is 0 Å². The number of nitrogen functional groups attached to an aromatic ring is 1. The summed E-state index contributed by atoms with van der Waals surface area (Å²) in [5.74, 6) is 0.674. The minimum Gasteiger partial charge on any atom is -0.490 e. The molecule has 5 aromatic rings. The van der Waals surface area contributed by atoms with Crippen LogP contribution >= 0.6 is 0 Å². The molecule has 5 N–H and O–H groups in total. The van der Waals surface area contributed by atoms with Crippen LogP contribution in [0.3, 0.4) is 0 Å². The molecule has 0 bridgehead atoms. The number of para-hydroxylation sites is 1. The van der Waals surface area contributed by atoms with Gasteiger partial charge in [0.05, 0.1) is 23.6 Å². The van der Waals surface area contributed by atoms with Crippen molar-refractivity contribution in [3.63, 3.8) is 0 Å². The molecule has 0 spiro atoms. The van der Waals surface area contributed by atoms with E-state index < -0.39 is 0 Å². The molecule has 0 aliphatic carbocycles. The van der Waals surface area contributed by atoms with Gasteiger partial charge in [0.2, 0.25) is 0 Å². The normalized spacial score (nSPS) is 12.3. The van der Waals surface area contributed by atoms with E-state index >= 15 is 0 Å². The molecule has 0 amide bonds. The Hall–Kier alpha value is -3.97. The van der Waals surface area contributed by atoms with Crippen LogP contribution in [0.2, 0.25) is 0 Å². The molecule has 0 aliphatic heterocycles. The van der Waals surface area contributed by atoms with E-state index in [1.165, 1.54) is 10.9 Å². The van der Waals surface area contributed by atoms with Crippen molar-refractivity contribution in [2.45, 2.75) is 12.5 Å². The van der Waals surface area contributed by atoms with Gasteiger partial charge in [-0.25, -0.2) is 0 Å². The van der Waals surface area contributed by atoms with Gasteiger partial charge in [0.25, 0.3) is 0 Å². The van der Waals surface area contributed by atoms with Crippen LogP contribution in [-0.4, -0.2) is 32.8 Å². The molecule has 1 atom stereocenters. The Bertz CT molecular complexity index is 1360. The zero-order chi connectivity index (χ0) is 21.2. The standard InChI is InChI=1S/C24H22N6O/c25-18(7-17-11-28-23-4-2-1-3-20(17)23)14-31-19-8-16(10-27-12-19)15-5-6-24-21(9-15)22(26)13-29-30-24/h1-6,8-13,18,28H,7,14,25H2,(H2,26,30)/t18-/m1/s1. The molecular formula is C24H22N6O. The zero-order valence-electron chi connectivity index (χ0n) is 16.8. The van der Waals surface area contributed by atoms with Crippen LogP contribution in [0.5, 0.6) is 5.75 Å². The first-order valence-corrected chi connectivity index (χ1v) is 10.1. The summed E-state index contributed by atoms with van der Waals surface area (Å²) in [7, 11) is 0. The van der Waals surface area contributed by atoms with Gasteiger partial charge in [-0.15, -0.1) is 0 Å². The van der Waals surface area contributed by atoms with E-state index in [4.69, 9.17) is 16.2 Å². The number of fused-ring (bicyclic) bond motifs is 2. The zero-order valence-corrected chi connectivity index (χ0v) is 16.8. The molecule has 7 nitrogen and oxygen atoms in total. The average molecular weight is 410 g/mol. The lowest BCUT2D eigenvalue weighted by atomic mass is 10.0. The fraction of sp³-hybridized carbons (Fsp3) is 0.125. The first kappa shape index (κ1) is 19.0. The summed E-state index contributed by atoms with van der Waals surface area (Å²) in [5, 5.41) is 10.1. The maximum atomic E-state index is 6.35. The summed E-state index contributed by atoms with van der Waals surface area (Å²) in [6.45, 7) is 0.394. The van der Waals surface area contributed by atoms with Crippen LogP contribution in [0.1, 0.15) is 5.56 Å². The molecule has 154 valence electrons. The smallest absolute Gasteiger partial charge is 0.138 e. The molecule has 31 heavy (non-hydrogen) atoms. The highest BCUT2D eigenvalue weighted by molar-refractivity contribution is 5.92. The summed E-state index contributed by atoms with van der Waals surface area (Å²) in [4.78, 5) is 7.61. The van der Waals surface area contributed by atoms with Crippen molar-refractivity contribution in [2.75, 3.05) is 12.3 Å². The summed E-state index contributed by atoms with van der Waals surface area (Å²) < 4.78 is 5.96. The van der Waals surface area contributed by atoms with Crippen molar-refractivity contribution < 1.29 is 4.74 Å². The van der Waals surface area contributed by atoms with Crippen molar-refractivity contribution in [1.82, 2.24) is 20.2 Å². The van der Waals surface area contributed by atoms with E-state index in [1.54, 1.807) is 18.6 Å². The van der Waals surface area contributed by atoms with Gasteiger partial charge in [-0.05, 0) is 41.8 Å². The minimum absolute atomic E-state index is 0.137. The van der Waals surface area contributed by atoms with Crippen molar-refractivity contribution in [2.24, 2.45) is 5.73 Å². The number of pyridine rings is 1. The van der Waals surface area contributed by atoms with Crippen molar-refractivity contribution in [1.29, 1.82) is 0 Å². The molecule has 0 unspecified atom stereocenters. The fourth-order valence-corrected chi connectivity index (χ4v) is 3.76. The molecule has 3 aromatic heterocycles. The molecule has 7 heteroatoms. The lowest BCUT2D eigenvalue weighted by molar-refractivity contribution is 0.287. The highest BCUT2D eigenvalue weighted by Crippen LogP contribution is 2.28. The van der Waals surface area contributed by atoms with Gasteiger partial charge in [-0.1, -0.05) is 24.3 Å². The average Bonchev–Trinajstić information content (AvgIpc) is 3.21. The van der Waals surface area contributed by atoms with Crippen LogP contribution in [0, 0.1) is 0 Å². The number of benzene rings is 2. The highest BCUT2D eigenvalue weighted by atomic mass is 16.5. The Kier molecular flexibility index (Phi) is 4.93. The number of aromatic nitrogens is 4. The topological polar surface area (TPSA) is 116 Å². The van der Waals surface area contributed by atoms with Crippen molar-refractivity contribution in [3.05, 3.63) is 78.9 Å².